The number of carboxylic acids is 2. The fourth-order valence-electron chi connectivity index (χ4n) is 1.32. The Morgan fingerprint density at radius 1 is 1.12 bits per heavy atom. The molecule has 0 saturated heterocycles. The van der Waals surface area contributed by atoms with Gasteiger partial charge in [-0.1, -0.05) is 6.92 Å². The molecule has 0 aromatic rings. The molecule has 6 nitrogen and oxygen atoms in total. The summed E-state index contributed by atoms with van der Waals surface area (Å²) in [5.74, 6) is -3.96. The monoisotopic (exact) mass is 231 g/mol. The Bertz CT molecular complexity index is 276. The quantitative estimate of drug-likeness (QED) is 0.585. The third-order valence-corrected chi connectivity index (χ3v) is 2.36. The van der Waals surface area contributed by atoms with Crippen LogP contribution in [0, 0.1) is 11.8 Å². The van der Waals surface area contributed by atoms with Crippen LogP contribution in [0.15, 0.2) is 0 Å². The Kier molecular flexibility index (Phi) is 6.14. The minimum atomic E-state index is -1.09. The standard InChI is InChI=1S/C10H17NO5/c1-3-7(9(13)14)4-8(10(15)16)5-11-6(2)12/h7-8H,3-5H2,1-2H3,(H,11,12)(H,13,14)(H,15,16). The van der Waals surface area contributed by atoms with Crippen LogP contribution in [0.1, 0.15) is 26.7 Å². The van der Waals surface area contributed by atoms with Crippen LogP contribution in [0.25, 0.3) is 0 Å². The van der Waals surface area contributed by atoms with Gasteiger partial charge in [-0.25, -0.2) is 0 Å². The molecule has 0 heterocycles. The van der Waals surface area contributed by atoms with Gasteiger partial charge < -0.3 is 15.5 Å². The van der Waals surface area contributed by atoms with Crippen molar-refractivity contribution in [2.75, 3.05) is 6.54 Å². The largest absolute Gasteiger partial charge is 0.481 e. The summed E-state index contributed by atoms with van der Waals surface area (Å²) in [6, 6.07) is 0. The number of aliphatic carboxylic acids is 2. The van der Waals surface area contributed by atoms with Crippen molar-refractivity contribution in [1.29, 1.82) is 0 Å². The van der Waals surface area contributed by atoms with E-state index in [1.807, 2.05) is 0 Å². The highest BCUT2D eigenvalue weighted by molar-refractivity contribution is 5.76. The number of hydrogen-bond acceptors (Lipinski definition) is 3. The summed E-state index contributed by atoms with van der Waals surface area (Å²) >= 11 is 0. The molecule has 0 aliphatic rings. The van der Waals surface area contributed by atoms with Crippen LogP contribution in [-0.2, 0) is 14.4 Å². The predicted octanol–water partition coefficient (Wildman–Crippen LogP) is 0.324. The molecule has 0 radical (unpaired) electrons. The lowest BCUT2D eigenvalue weighted by molar-refractivity contribution is -0.145. The summed E-state index contributed by atoms with van der Waals surface area (Å²) in [7, 11) is 0. The first-order valence-corrected chi connectivity index (χ1v) is 5.08. The molecule has 2 atom stereocenters. The van der Waals surface area contributed by atoms with Gasteiger partial charge in [-0.05, 0) is 12.8 Å². The van der Waals surface area contributed by atoms with Crippen molar-refractivity contribution in [3.05, 3.63) is 0 Å². The molecule has 0 aliphatic carbocycles. The van der Waals surface area contributed by atoms with Gasteiger partial charge in [0.05, 0.1) is 11.8 Å². The number of carbonyl (C=O) groups excluding carboxylic acids is 1. The number of amides is 1. The zero-order valence-corrected chi connectivity index (χ0v) is 9.40. The fourth-order valence-corrected chi connectivity index (χ4v) is 1.32. The SMILES string of the molecule is CCC(CC(CNC(C)=O)C(=O)O)C(=O)O. The highest BCUT2D eigenvalue weighted by Gasteiger charge is 2.25. The fraction of sp³-hybridized carbons (Fsp3) is 0.700. The van der Waals surface area contributed by atoms with E-state index in [2.05, 4.69) is 5.32 Å². The van der Waals surface area contributed by atoms with Crippen LogP contribution in [0.4, 0.5) is 0 Å². The Labute approximate surface area is 93.6 Å². The smallest absolute Gasteiger partial charge is 0.308 e. The highest BCUT2D eigenvalue weighted by Crippen LogP contribution is 2.16. The van der Waals surface area contributed by atoms with Crippen molar-refractivity contribution in [3.63, 3.8) is 0 Å². The van der Waals surface area contributed by atoms with Crippen LogP contribution < -0.4 is 5.32 Å². The van der Waals surface area contributed by atoms with Gasteiger partial charge in [0.25, 0.3) is 0 Å². The zero-order valence-electron chi connectivity index (χ0n) is 9.40. The van der Waals surface area contributed by atoms with E-state index in [9.17, 15) is 14.4 Å². The minimum absolute atomic E-state index is 0.0292. The minimum Gasteiger partial charge on any atom is -0.481 e. The zero-order chi connectivity index (χ0) is 12.7. The van der Waals surface area contributed by atoms with Crippen LogP contribution >= 0.6 is 0 Å². The molecule has 0 aromatic carbocycles. The molecule has 0 aromatic heterocycles. The molecule has 16 heavy (non-hydrogen) atoms. The average Bonchev–Trinajstić information content (AvgIpc) is 2.16. The van der Waals surface area contributed by atoms with Gasteiger partial charge in [0, 0.05) is 13.5 Å². The van der Waals surface area contributed by atoms with Gasteiger partial charge in [-0.3, -0.25) is 14.4 Å². The summed E-state index contributed by atoms with van der Waals surface area (Å²) in [6.45, 7) is 2.94. The maximum Gasteiger partial charge on any atom is 0.308 e. The van der Waals surface area contributed by atoms with Crippen molar-refractivity contribution in [2.45, 2.75) is 26.7 Å². The average molecular weight is 231 g/mol. The first-order valence-electron chi connectivity index (χ1n) is 5.08. The number of hydrogen-bond donors (Lipinski definition) is 3. The van der Waals surface area contributed by atoms with E-state index in [0.717, 1.165) is 0 Å². The van der Waals surface area contributed by atoms with Crippen molar-refractivity contribution in [3.8, 4) is 0 Å². The van der Waals surface area contributed by atoms with Crippen molar-refractivity contribution >= 4 is 17.8 Å². The van der Waals surface area contributed by atoms with E-state index in [1.165, 1.54) is 6.92 Å². The lowest BCUT2D eigenvalue weighted by atomic mass is 9.92. The first kappa shape index (κ1) is 14.4. The Balaban J connectivity index is 4.37. The summed E-state index contributed by atoms with van der Waals surface area (Å²) in [4.78, 5) is 32.2. The molecule has 0 bridgehead atoms. The number of nitrogens with one attached hydrogen (secondary N) is 1. The summed E-state index contributed by atoms with van der Waals surface area (Å²) in [5, 5.41) is 20.1. The van der Waals surface area contributed by atoms with Gasteiger partial charge in [0.2, 0.25) is 5.91 Å². The molecule has 0 saturated carbocycles. The van der Waals surface area contributed by atoms with Gasteiger partial charge in [0.1, 0.15) is 0 Å². The maximum absolute atomic E-state index is 10.8. The first-order chi connectivity index (χ1) is 7.38. The molecule has 0 fully saturated rings. The molecule has 2 unspecified atom stereocenters. The van der Waals surface area contributed by atoms with E-state index in [1.54, 1.807) is 6.92 Å². The molecule has 0 rings (SSSR count). The third kappa shape index (κ3) is 5.33. The van der Waals surface area contributed by atoms with Crippen LogP contribution in [0.2, 0.25) is 0 Å². The third-order valence-electron chi connectivity index (χ3n) is 2.36. The van der Waals surface area contributed by atoms with Crippen LogP contribution in [0.5, 0.6) is 0 Å². The predicted molar refractivity (Wildman–Crippen MR) is 55.8 cm³/mol. The van der Waals surface area contributed by atoms with Gasteiger partial charge in [-0.15, -0.1) is 0 Å². The molecule has 1 amide bonds. The second-order valence-corrected chi connectivity index (χ2v) is 3.65. The van der Waals surface area contributed by atoms with E-state index in [0.29, 0.717) is 6.42 Å². The molecular formula is C10H17NO5. The van der Waals surface area contributed by atoms with E-state index in [4.69, 9.17) is 10.2 Å². The van der Waals surface area contributed by atoms with E-state index in [-0.39, 0.29) is 18.9 Å². The van der Waals surface area contributed by atoms with Gasteiger partial charge >= 0.3 is 11.9 Å². The molecule has 6 heteroatoms. The second kappa shape index (κ2) is 6.81. The van der Waals surface area contributed by atoms with Crippen molar-refractivity contribution in [1.82, 2.24) is 5.32 Å². The highest BCUT2D eigenvalue weighted by atomic mass is 16.4. The molecule has 92 valence electrons. The Hall–Kier alpha value is -1.59. The van der Waals surface area contributed by atoms with Crippen molar-refractivity contribution in [2.24, 2.45) is 11.8 Å². The van der Waals surface area contributed by atoms with E-state index < -0.39 is 23.8 Å². The lowest BCUT2D eigenvalue weighted by Gasteiger charge is -2.16. The number of rotatable bonds is 7. The Morgan fingerprint density at radius 3 is 1.94 bits per heavy atom. The van der Waals surface area contributed by atoms with E-state index >= 15 is 0 Å². The molecular weight excluding hydrogens is 214 g/mol. The number of carbonyl (C=O) groups is 3. The Morgan fingerprint density at radius 2 is 1.62 bits per heavy atom. The summed E-state index contributed by atoms with van der Waals surface area (Å²) in [5.41, 5.74) is 0. The van der Waals surface area contributed by atoms with Crippen molar-refractivity contribution < 1.29 is 24.6 Å². The molecule has 0 spiro atoms. The van der Waals surface area contributed by atoms with Crippen LogP contribution in [0.3, 0.4) is 0 Å². The van der Waals surface area contributed by atoms with Crippen LogP contribution in [-0.4, -0.2) is 34.6 Å². The summed E-state index contributed by atoms with van der Waals surface area (Å²) < 4.78 is 0. The molecule has 0 aliphatic heterocycles. The topological polar surface area (TPSA) is 104 Å². The normalized spacial score (nSPS) is 13.9. The van der Waals surface area contributed by atoms with Gasteiger partial charge in [0.15, 0.2) is 0 Å². The molecule has 3 N–H and O–H groups in total. The maximum atomic E-state index is 10.8. The summed E-state index contributed by atoms with van der Waals surface area (Å²) in [6.07, 6.45) is 0.403. The second-order valence-electron chi connectivity index (χ2n) is 3.65. The van der Waals surface area contributed by atoms with Gasteiger partial charge in [-0.2, -0.15) is 0 Å². The number of carboxylic acid groups (broad SMARTS) is 2. The lowest BCUT2D eigenvalue weighted by Crippen LogP contribution is -2.33.